The Labute approximate surface area is 134 Å². The Morgan fingerprint density at radius 3 is 2.70 bits per heavy atom. The maximum Gasteiger partial charge on any atom is 0.359 e. The van der Waals surface area contributed by atoms with Crippen LogP contribution in [0.4, 0.5) is 0 Å². The average Bonchev–Trinajstić information content (AvgIpc) is 2.75. The average molecular weight is 313 g/mol. The SMILES string of the molecule is NC(=O)COC(=O)c1nc(-c2ccccc2)n2c1CCCCC2. The van der Waals surface area contributed by atoms with Gasteiger partial charge in [-0.1, -0.05) is 36.8 Å². The van der Waals surface area contributed by atoms with Gasteiger partial charge in [0.1, 0.15) is 5.82 Å². The molecule has 0 atom stereocenters. The van der Waals surface area contributed by atoms with Gasteiger partial charge in [-0.3, -0.25) is 4.79 Å². The van der Waals surface area contributed by atoms with Gasteiger partial charge in [-0.2, -0.15) is 0 Å². The van der Waals surface area contributed by atoms with Gasteiger partial charge in [0.05, 0.1) is 5.69 Å². The minimum absolute atomic E-state index is 0.298. The molecule has 2 N–H and O–H groups in total. The number of carbonyl (C=O) groups excluding carboxylic acids is 2. The lowest BCUT2D eigenvalue weighted by Gasteiger charge is -2.08. The van der Waals surface area contributed by atoms with Crippen LogP contribution in [-0.4, -0.2) is 28.0 Å². The molecule has 1 aliphatic rings. The van der Waals surface area contributed by atoms with E-state index in [0.717, 1.165) is 49.3 Å². The fourth-order valence-electron chi connectivity index (χ4n) is 2.90. The number of carbonyl (C=O) groups is 2. The maximum atomic E-state index is 12.3. The first kappa shape index (κ1) is 15.3. The van der Waals surface area contributed by atoms with E-state index in [2.05, 4.69) is 9.55 Å². The molecular formula is C17H19N3O3. The Morgan fingerprint density at radius 1 is 1.17 bits per heavy atom. The summed E-state index contributed by atoms with van der Waals surface area (Å²) >= 11 is 0. The third-order valence-electron chi connectivity index (χ3n) is 3.94. The number of imidazole rings is 1. The van der Waals surface area contributed by atoms with E-state index in [4.69, 9.17) is 10.5 Å². The molecule has 1 aliphatic heterocycles. The van der Waals surface area contributed by atoms with Crippen LogP contribution in [0.1, 0.15) is 35.4 Å². The van der Waals surface area contributed by atoms with E-state index in [1.54, 1.807) is 0 Å². The minimum Gasteiger partial charge on any atom is -0.451 e. The number of nitrogens with zero attached hydrogens (tertiary/aromatic N) is 2. The Balaban J connectivity index is 2.01. The second-order valence-electron chi connectivity index (χ2n) is 5.60. The lowest BCUT2D eigenvalue weighted by Crippen LogP contribution is -2.21. The van der Waals surface area contributed by atoms with Gasteiger partial charge in [0.25, 0.3) is 5.91 Å². The molecule has 0 saturated carbocycles. The Bertz CT molecular complexity index is 722. The smallest absolute Gasteiger partial charge is 0.359 e. The predicted molar refractivity (Wildman–Crippen MR) is 84.7 cm³/mol. The number of nitrogens with two attached hydrogens (primary N) is 1. The van der Waals surface area contributed by atoms with Gasteiger partial charge in [-0.05, 0) is 19.3 Å². The largest absolute Gasteiger partial charge is 0.451 e. The summed E-state index contributed by atoms with van der Waals surface area (Å²) in [6.45, 7) is 0.404. The number of esters is 1. The predicted octanol–water partition coefficient (Wildman–Crippen LogP) is 1.92. The van der Waals surface area contributed by atoms with Crippen LogP contribution in [0.3, 0.4) is 0 Å². The summed E-state index contributed by atoms with van der Waals surface area (Å²) < 4.78 is 7.06. The van der Waals surface area contributed by atoms with E-state index in [0.29, 0.717) is 5.69 Å². The lowest BCUT2D eigenvalue weighted by molar-refractivity contribution is -0.121. The van der Waals surface area contributed by atoms with E-state index in [-0.39, 0.29) is 0 Å². The Kier molecular flexibility index (Phi) is 4.41. The Morgan fingerprint density at radius 2 is 1.96 bits per heavy atom. The zero-order valence-electron chi connectivity index (χ0n) is 12.8. The number of fused-ring (bicyclic) bond motifs is 1. The molecule has 0 aliphatic carbocycles. The van der Waals surface area contributed by atoms with Crippen LogP contribution in [0.25, 0.3) is 11.4 Å². The second-order valence-corrected chi connectivity index (χ2v) is 5.60. The highest BCUT2D eigenvalue weighted by Crippen LogP contribution is 2.27. The molecule has 120 valence electrons. The third kappa shape index (κ3) is 3.26. The van der Waals surface area contributed by atoms with Crippen LogP contribution in [0.5, 0.6) is 0 Å². The number of rotatable bonds is 4. The summed E-state index contributed by atoms with van der Waals surface area (Å²) in [4.78, 5) is 27.6. The zero-order chi connectivity index (χ0) is 16.2. The first-order chi connectivity index (χ1) is 11.2. The van der Waals surface area contributed by atoms with Gasteiger partial charge in [0, 0.05) is 12.1 Å². The van der Waals surface area contributed by atoms with Crippen LogP contribution >= 0.6 is 0 Å². The normalized spacial score (nSPS) is 13.9. The van der Waals surface area contributed by atoms with Crippen molar-refractivity contribution < 1.29 is 14.3 Å². The van der Waals surface area contributed by atoms with Crippen molar-refractivity contribution in [1.29, 1.82) is 0 Å². The number of hydrogen-bond acceptors (Lipinski definition) is 4. The highest BCUT2D eigenvalue weighted by molar-refractivity contribution is 5.91. The quantitative estimate of drug-likeness (QED) is 0.874. The summed E-state index contributed by atoms with van der Waals surface area (Å²) in [5, 5.41) is 0. The molecule has 1 aromatic carbocycles. The van der Waals surface area contributed by atoms with Crippen LogP contribution in [-0.2, 0) is 22.5 Å². The van der Waals surface area contributed by atoms with Gasteiger partial charge in [-0.15, -0.1) is 0 Å². The fourth-order valence-corrected chi connectivity index (χ4v) is 2.90. The van der Waals surface area contributed by atoms with Crippen molar-refractivity contribution in [2.75, 3.05) is 6.61 Å². The highest BCUT2D eigenvalue weighted by atomic mass is 16.5. The summed E-state index contributed by atoms with van der Waals surface area (Å²) in [7, 11) is 0. The minimum atomic E-state index is -0.674. The van der Waals surface area contributed by atoms with Crippen molar-refractivity contribution in [1.82, 2.24) is 9.55 Å². The topological polar surface area (TPSA) is 87.2 Å². The lowest BCUT2D eigenvalue weighted by atomic mass is 10.1. The second kappa shape index (κ2) is 6.64. The summed E-state index contributed by atoms with van der Waals surface area (Å²) in [6.07, 6.45) is 3.96. The summed E-state index contributed by atoms with van der Waals surface area (Å²) in [5.74, 6) is -0.489. The molecule has 6 nitrogen and oxygen atoms in total. The molecule has 23 heavy (non-hydrogen) atoms. The third-order valence-corrected chi connectivity index (χ3v) is 3.94. The number of primary amides is 1. The van der Waals surface area contributed by atoms with Crippen molar-refractivity contribution >= 4 is 11.9 Å². The molecule has 0 fully saturated rings. The molecule has 0 unspecified atom stereocenters. The first-order valence-electron chi connectivity index (χ1n) is 7.77. The molecular weight excluding hydrogens is 294 g/mol. The fraction of sp³-hybridized carbons (Fsp3) is 0.353. The molecule has 1 aromatic heterocycles. The molecule has 2 aromatic rings. The molecule has 0 bridgehead atoms. The van der Waals surface area contributed by atoms with Gasteiger partial charge in [-0.25, -0.2) is 9.78 Å². The van der Waals surface area contributed by atoms with E-state index < -0.39 is 18.5 Å². The van der Waals surface area contributed by atoms with Gasteiger partial charge in [0.15, 0.2) is 12.3 Å². The van der Waals surface area contributed by atoms with Crippen molar-refractivity contribution in [3.8, 4) is 11.4 Å². The zero-order valence-corrected chi connectivity index (χ0v) is 12.8. The van der Waals surface area contributed by atoms with Crippen LogP contribution in [0, 0.1) is 0 Å². The standard InChI is InChI=1S/C17H19N3O3/c18-14(21)11-23-17(22)15-13-9-5-2-6-10-20(13)16(19-15)12-7-3-1-4-8-12/h1,3-4,7-8H,2,5-6,9-11H2,(H2,18,21). The van der Waals surface area contributed by atoms with Gasteiger partial charge in [0.2, 0.25) is 0 Å². The van der Waals surface area contributed by atoms with E-state index >= 15 is 0 Å². The first-order valence-corrected chi connectivity index (χ1v) is 7.77. The molecule has 0 radical (unpaired) electrons. The summed E-state index contributed by atoms with van der Waals surface area (Å²) in [6, 6.07) is 9.77. The molecule has 6 heteroatoms. The number of hydrogen-bond donors (Lipinski definition) is 1. The molecule has 1 amide bonds. The van der Waals surface area contributed by atoms with Crippen molar-refractivity contribution in [2.24, 2.45) is 5.73 Å². The number of ether oxygens (including phenoxy) is 1. The molecule has 0 saturated heterocycles. The number of amides is 1. The van der Waals surface area contributed by atoms with Crippen molar-refractivity contribution in [3.05, 3.63) is 41.7 Å². The number of aromatic nitrogens is 2. The molecule has 0 spiro atoms. The summed E-state index contributed by atoms with van der Waals surface area (Å²) in [5.41, 5.74) is 7.18. The molecule has 2 heterocycles. The van der Waals surface area contributed by atoms with E-state index in [1.807, 2.05) is 30.3 Å². The van der Waals surface area contributed by atoms with Crippen molar-refractivity contribution in [2.45, 2.75) is 32.2 Å². The van der Waals surface area contributed by atoms with Crippen LogP contribution < -0.4 is 5.73 Å². The number of benzene rings is 1. The maximum absolute atomic E-state index is 12.3. The Hall–Kier alpha value is -2.63. The van der Waals surface area contributed by atoms with Gasteiger partial charge >= 0.3 is 5.97 Å². The van der Waals surface area contributed by atoms with E-state index in [9.17, 15) is 9.59 Å². The van der Waals surface area contributed by atoms with Crippen LogP contribution in [0.2, 0.25) is 0 Å². The van der Waals surface area contributed by atoms with Gasteiger partial charge < -0.3 is 15.0 Å². The molecule has 3 rings (SSSR count). The monoisotopic (exact) mass is 313 g/mol. The van der Waals surface area contributed by atoms with E-state index in [1.165, 1.54) is 0 Å². The highest BCUT2D eigenvalue weighted by Gasteiger charge is 2.25. The van der Waals surface area contributed by atoms with Crippen LogP contribution in [0.15, 0.2) is 30.3 Å². The van der Waals surface area contributed by atoms with Crippen molar-refractivity contribution in [3.63, 3.8) is 0 Å².